The number of methoxy groups -OCH3 is 3. The molecule has 1 aromatic rings. The Morgan fingerprint density at radius 1 is 1.05 bits per heavy atom. The summed E-state index contributed by atoms with van der Waals surface area (Å²) in [7, 11) is 4.66. The van der Waals surface area contributed by atoms with Gasteiger partial charge < -0.3 is 14.2 Å². The van der Waals surface area contributed by atoms with E-state index in [1.54, 1.807) is 52.5 Å². The molecule has 0 radical (unpaired) electrons. The lowest BCUT2D eigenvalue weighted by atomic mass is 10.1. The summed E-state index contributed by atoms with van der Waals surface area (Å²) in [6, 6.07) is 3.58. The second-order valence-corrected chi connectivity index (χ2v) is 4.13. The summed E-state index contributed by atoms with van der Waals surface area (Å²) in [5, 5.41) is 0. The van der Waals surface area contributed by atoms with E-state index in [9.17, 15) is 4.79 Å². The fourth-order valence-corrected chi connectivity index (χ4v) is 1.64. The van der Waals surface area contributed by atoms with Crippen LogP contribution in [0.1, 0.15) is 19.4 Å². The molecule has 0 aliphatic rings. The van der Waals surface area contributed by atoms with E-state index in [0.717, 1.165) is 5.56 Å². The number of allylic oxidation sites excluding steroid dienone is 3. The highest BCUT2D eigenvalue weighted by atomic mass is 16.5. The van der Waals surface area contributed by atoms with Crippen molar-refractivity contribution in [2.45, 2.75) is 13.8 Å². The van der Waals surface area contributed by atoms with Gasteiger partial charge in [-0.3, -0.25) is 4.79 Å². The first kappa shape index (κ1) is 15.8. The Morgan fingerprint density at radius 2 is 1.60 bits per heavy atom. The monoisotopic (exact) mass is 276 g/mol. The van der Waals surface area contributed by atoms with Crippen LogP contribution in [0.3, 0.4) is 0 Å². The third-order valence-electron chi connectivity index (χ3n) is 2.94. The molecule has 0 N–H and O–H groups in total. The van der Waals surface area contributed by atoms with Crippen molar-refractivity contribution in [3.63, 3.8) is 0 Å². The number of ether oxygens (including phenoxy) is 3. The fraction of sp³-hybridized carbons (Fsp3) is 0.312. The Hall–Kier alpha value is -2.23. The fourth-order valence-electron chi connectivity index (χ4n) is 1.64. The molecule has 20 heavy (non-hydrogen) atoms. The van der Waals surface area contributed by atoms with Gasteiger partial charge in [-0.1, -0.05) is 12.2 Å². The Morgan fingerprint density at radius 3 is 2.00 bits per heavy atom. The first-order chi connectivity index (χ1) is 9.57. The molecular formula is C16H20O4. The van der Waals surface area contributed by atoms with Crippen LogP contribution in [0.2, 0.25) is 0 Å². The molecule has 4 heteroatoms. The van der Waals surface area contributed by atoms with Gasteiger partial charge in [0, 0.05) is 0 Å². The number of ketones is 1. The van der Waals surface area contributed by atoms with E-state index in [1.165, 1.54) is 6.08 Å². The first-order valence-electron chi connectivity index (χ1n) is 6.22. The van der Waals surface area contributed by atoms with Gasteiger partial charge in [-0.15, -0.1) is 0 Å². The Labute approximate surface area is 119 Å². The molecule has 0 bridgehead atoms. The molecule has 0 unspecified atom stereocenters. The lowest BCUT2D eigenvalue weighted by Gasteiger charge is -2.12. The lowest BCUT2D eigenvalue weighted by Crippen LogP contribution is -1.96. The summed E-state index contributed by atoms with van der Waals surface area (Å²) in [6.45, 7) is 3.61. The number of hydrogen-bond acceptors (Lipinski definition) is 4. The molecule has 0 fully saturated rings. The van der Waals surface area contributed by atoms with Crippen molar-refractivity contribution in [3.8, 4) is 17.2 Å². The molecule has 0 aliphatic heterocycles. The summed E-state index contributed by atoms with van der Waals surface area (Å²) in [5.41, 5.74) is 1.51. The summed E-state index contributed by atoms with van der Waals surface area (Å²) in [6.07, 6.45) is 5.03. The minimum Gasteiger partial charge on any atom is -0.493 e. The maximum Gasteiger partial charge on any atom is 0.203 e. The average molecular weight is 276 g/mol. The predicted octanol–water partition coefficient (Wildman–Crippen LogP) is 3.26. The molecule has 0 aliphatic carbocycles. The normalized spacial score (nSPS) is 11.6. The molecule has 0 saturated carbocycles. The van der Waals surface area contributed by atoms with Gasteiger partial charge in [0.2, 0.25) is 5.75 Å². The van der Waals surface area contributed by atoms with Crippen molar-refractivity contribution in [3.05, 3.63) is 35.4 Å². The van der Waals surface area contributed by atoms with E-state index in [2.05, 4.69) is 0 Å². The average Bonchev–Trinajstić information content (AvgIpc) is 2.50. The zero-order valence-electron chi connectivity index (χ0n) is 12.5. The maximum atomic E-state index is 11.7. The van der Waals surface area contributed by atoms with Gasteiger partial charge in [-0.05, 0) is 43.2 Å². The molecule has 0 atom stereocenters. The predicted molar refractivity (Wildman–Crippen MR) is 79.6 cm³/mol. The molecular weight excluding hydrogens is 256 g/mol. The lowest BCUT2D eigenvalue weighted by molar-refractivity contribution is -0.111. The third kappa shape index (κ3) is 3.63. The van der Waals surface area contributed by atoms with Crippen LogP contribution in [0.4, 0.5) is 0 Å². The van der Waals surface area contributed by atoms with Gasteiger partial charge in [0.25, 0.3) is 0 Å². The van der Waals surface area contributed by atoms with Crippen molar-refractivity contribution >= 4 is 11.9 Å². The van der Waals surface area contributed by atoms with Gasteiger partial charge in [0.05, 0.1) is 21.3 Å². The quantitative estimate of drug-likeness (QED) is 0.748. The highest BCUT2D eigenvalue weighted by molar-refractivity contribution is 6.05. The summed E-state index contributed by atoms with van der Waals surface area (Å²) >= 11 is 0. The van der Waals surface area contributed by atoms with Gasteiger partial charge in [0.15, 0.2) is 17.3 Å². The molecule has 1 rings (SSSR count). The number of rotatable bonds is 6. The second-order valence-electron chi connectivity index (χ2n) is 4.13. The minimum absolute atomic E-state index is 0.0266. The number of benzene rings is 1. The van der Waals surface area contributed by atoms with Gasteiger partial charge in [-0.2, -0.15) is 0 Å². The van der Waals surface area contributed by atoms with Crippen LogP contribution in [-0.2, 0) is 4.79 Å². The van der Waals surface area contributed by atoms with E-state index in [-0.39, 0.29) is 5.78 Å². The number of hydrogen-bond donors (Lipinski definition) is 0. The van der Waals surface area contributed by atoms with Crippen LogP contribution in [0.15, 0.2) is 29.9 Å². The minimum atomic E-state index is -0.0266. The van der Waals surface area contributed by atoms with Crippen LogP contribution in [0, 0.1) is 0 Å². The van der Waals surface area contributed by atoms with E-state index >= 15 is 0 Å². The SMILES string of the molecule is CC=C(C)C(=O)C=Cc1cc(OC)c(OC)c(OC)c1. The van der Waals surface area contributed by atoms with Crippen LogP contribution < -0.4 is 14.2 Å². The standard InChI is InChI=1S/C16H20O4/c1-6-11(2)13(17)8-7-12-9-14(18-3)16(20-5)15(10-12)19-4/h6-10H,1-5H3. The molecule has 0 saturated heterocycles. The first-order valence-corrected chi connectivity index (χ1v) is 6.22. The topological polar surface area (TPSA) is 44.8 Å². The van der Waals surface area contributed by atoms with Crippen LogP contribution in [0.5, 0.6) is 17.2 Å². The van der Waals surface area contributed by atoms with Crippen molar-refractivity contribution in [1.82, 2.24) is 0 Å². The van der Waals surface area contributed by atoms with Gasteiger partial charge >= 0.3 is 0 Å². The zero-order valence-corrected chi connectivity index (χ0v) is 12.5. The van der Waals surface area contributed by atoms with Crippen molar-refractivity contribution in [1.29, 1.82) is 0 Å². The molecule has 0 aromatic heterocycles. The summed E-state index contributed by atoms with van der Waals surface area (Å²) in [4.78, 5) is 11.7. The smallest absolute Gasteiger partial charge is 0.203 e. The van der Waals surface area contributed by atoms with Crippen molar-refractivity contribution in [2.24, 2.45) is 0 Å². The highest BCUT2D eigenvalue weighted by Gasteiger charge is 2.12. The largest absolute Gasteiger partial charge is 0.493 e. The van der Waals surface area contributed by atoms with E-state index in [0.29, 0.717) is 22.8 Å². The Kier molecular flexibility index (Phi) is 5.84. The highest BCUT2D eigenvalue weighted by Crippen LogP contribution is 2.38. The molecule has 0 heterocycles. The van der Waals surface area contributed by atoms with Crippen molar-refractivity contribution in [2.75, 3.05) is 21.3 Å². The second kappa shape index (κ2) is 7.38. The molecule has 1 aromatic carbocycles. The van der Waals surface area contributed by atoms with Crippen molar-refractivity contribution < 1.29 is 19.0 Å². The number of carbonyl (C=O) groups excluding carboxylic acids is 1. The van der Waals surface area contributed by atoms with E-state index in [1.807, 2.05) is 6.92 Å². The summed E-state index contributed by atoms with van der Waals surface area (Å²) < 4.78 is 15.8. The van der Waals surface area contributed by atoms with E-state index in [4.69, 9.17) is 14.2 Å². The van der Waals surface area contributed by atoms with Gasteiger partial charge in [0.1, 0.15) is 0 Å². The van der Waals surface area contributed by atoms with Crippen LogP contribution in [0.25, 0.3) is 6.08 Å². The maximum absolute atomic E-state index is 11.7. The molecule has 0 spiro atoms. The molecule has 0 amide bonds. The molecule has 108 valence electrons. The Balaban J connectivity index is 3.14. The van der Waals surface area contributed by atoms with Crippen LogP contribution >= 0.6 is 0 Å². The Bertz CT molecular complexity index is 516. The summed E-state index contributed by atoms with van der Waals surface area (Å²) in [5.74, 6) is 1.62. The molecule has 4 nitrogen and oxygen atoms in total. The van der Waals surface area contributed by atoms with Crippen LogP contribution in [-0.4, -0.2) is 27.1 Å². The van der Waals surface area contributed by atoms with Gasteiger partial charge in [-0.25, -0.2) is 0 Å². The zero-order chi connectivity index (χ0) is 15.1. The third-order valence-corrected chi connectivity index (χ3v) is 2.94. The van der Waals surface area contributed by atoms with E-state index < -0.39 is 0 Å². The number of carbonyl (C=O) groups is 1.